The molecule has 3 heteroatoms. The number of nitrogens with zero attached hydrogens (tertiary/aromatic N) is 2. The molecule has 0 aromatic carbocycles. The van der Waals surface area contributed by atoms with Gasteiger partial charge in [-0.3, -0.25) is 0 Å². The Morgan fingerprint density at radius 3 is 3.15 bits per heavy atom. The van der Waals surface area contributed by atoms with Gasteiger partial charge in [-0.2, -0.15) is 5.26 Å². The standard InChI is InChI=1S/C10H11N3/c1-8-6-9(4-2-3-5-11)10(12)13-7-8/h2,4,6-7H,3H2,1H3,(H2,12,13). The number of nitrogen functional groups attached to an aromatic ring is 1. The van der Waals surface area contributed by atoms with Crippen LogP contribution in [0.1, 0.15) is 17.5 Å². The van der Waals surface area contributed by atoms with Crippen molar-refractivity contribution in [3.8, 4) is 6.07 Å². The van der Waals surface area contributed by atoms with E-state index in [9.17, 15) is 0 Å². The van der Waals surface area contributed by atoms with Crippen molar-refractivity contribution in [3.05, 3.63) is 29.5 Å². The quantitative estimate of drug-likeness (QED) is 0.742. The Morgan fingerprint density at radius 1 is 1.69 bits per heavy atom. The molecule has 0 aliphatic carbocycles. The lowest BCUT2D eigenvalue weighted by molar-refractivity contribution is 1.26. The zero-order valence-electron chi connectivity index (χ0n) is 7.49. The minimum atomic E-state index is 0.396. The van der Waals surface area contributed by atoms with Gasteiger partial charge >= 0.3 is 0 Å². The predicted molar refractivity (Wildman–Crippen MR) is 52.7 cm³/mol. The van der Waals surface area contributed by atoms with E-state index in [2.05, 4.69) is 4.98 Å². The van der Waals surface area contributed by atoms with Crippen LogP contribution in [0.25, 0.3) is 6.08 Å². The summed E-state index contributed by atoms with van der Waals surface area (Å²) in [5, 5.41) is 8.32. The molecule has 0 aliphatic heterocycles. The van der Waals surface area contributed by atoms with Crippen molar-refractivity contribution in [2.75, 3.05) is 5.73 Å². The molecule has 0 unspecified atom stereocenters. The molecule has 0 saturated heterocycles. The van der Waals surface area contributed by atoms with E-state index in [-0.39, 0.29) is 0 Å². The molecular weight excluding hydrogens is 162 g/mol. The van der Waals surface area contributed by atoms with Crippen LogP contribution in [0.3, 0.4) is 0 Å². The van der Waals surface area contributed by atoms with E-state index in [4.69, 9.17) is 11.0 Å². The van der Waals surface area contributed by atoms with Crippen LogP contribution in [-0.4, -0.2) is 4.98 Å². The lowest BCUT2D eigenvalue weighted by Gasteiger charge is -1.99. The fraction of sp³-hybridized carbons (Fsp3) is 0.200. The molecule has 0 aliphatic rings. The fourth-order valence-corrected chi connectivity index (χ4v) is 0.974. The third-order valence-corrected chi connectivity index (χ3v) is 1.59. The number of hydrogen-bond acceptors (Lipinski definition) is 3. The van der Waals surface area contributed by atoms with Crippen LogP contribution in [0.4, 0.5) is 5.82 Å². The summed E-state index contributed by atoms with van der Waals surface area (Å²) in [4.78, 5) is 4.00. The highest BCUT2D eigenvalue weighted by Gasteiger charge is 1.95. The van der Waals surface area contributed by atoms with E-state index in [0.717, 1.165) is 11.1 Å². The Balaban J connectivity index is 2.88. The van der Waals surface area contributed by atoms with Crippen molar-refractivity contribution in [1.29, 1.82) is 5.26 Å². The van der Waals surface area contributed by atoms with Crippen LogP contribution >= 0.6 is 0 Å². The maximum absolute atomic E-state index is 8.32. The summed E-state index contributed by atoms with van der Waals surface area (Å²) in [5.41, 5.74) is 7.56. The third kappa shape index (κ3) is 2.60. The van der Waals surface area contributed by atoms with Gasteiger partial charge in [-0.05, 0) is 18.6 Å². The zero-order valence-corrected chi connectivity index (χ0v) is 7.49. The molecule has 1 aromatic heterocycles. The zero-order chi connectivity index (χ0) is 9.68. The number of allylic oxidation sites excluding steroid dienone is 1. The van der Waals surface area contributed by atoms with E-state index in [0.29, 0.717) is 12.2 Å². The lowest BCUT2D eigenvalue weighted by atomic mass is 10.2. The first-order chi connectivity index (χ1) is 6.24. The number of pyridine rings is 1. The first-order valence-corrected chi connectivity index (χ1v) is 3.99. The Morgan fingerprint density at radius 2 is 2.46 bits per heavy atom. The number of nitriles is 1. The molecule has 0 spiro atoms. The summed E-state index contributed by atoms with van der Waals surface area (Å²) in [7, 11) is 0. The predicted octanol–water partition coefficient (Wildman–Crippen LogP) is 1.90. The van der Waals surface area contributed by atoms with E-state index in [1.54, 1.807) is 12.3 Å². The highest BCUT2D eigenvalue weighted by atomic mass is 14.8. The highest BCUT2D eigenvalue weighted by Crippen LogP contribution is 2.12. The average molecular weight is 173 g/mol. The molecule has 66 valence electrons. The Bertz CT molecular complexity index is 361. The monoisotopic (exact) mass is 173 g/mol. The summed E-state index contributed by atoms with van der Waals surface area (Å²) >= 11 is 0. The van der Waals surface area contributed by atoms with E-state index in [1.165, 1.54) is 0 Å². The fourth-order valence-electron chi connectivity index (χ4n) is 0.974. The molecule has 1 rings (SSSR count). The van der Waals surface area contributed by atoms with Gasteiger partial charge in [0.1, 0.15) is 5.82 Å². The van der Waals surface area contributed by atoms with Gasteiger partial charge in [0, 0.05) is 11.8 Å². The van der Waals surface area contributed by atoms with E-state index >= 15 is 0 Å². The van der Waals surface area contributed by atoms with Gasteiger partial charge in [0.15, 0.2) is 0 Å². The van der Waals surface area contributed by atoms with Crippen LogP contribution < -0.4 is 5.73 Å². The molecule has 0 bridgehead atoms. The molecule has 13 heavy (non-hydrogen) atoms. The molecule has 0 fully saturated rings. The van der Waals surface area contributed by atoms with Crippen LogP contribution in [0.2, 0.25) is 0 Å². The van der Waals surface area contributed by atoms with Crippen LogP contribution in [-0.2, 0) is 0 Å². The molecule has 2 N–H and O–H groups in total. The normalized spacial score (nSPS) is 10.2. The van der Waals surface area contributed by atoms with Gasteiger partial charge < -0.3 is 5.73 Å². The van der Waals surface area contributed by atoms with Crippen molar-refractivity contribution in [2.24, 2.45) is 0 Å². The molecule has 1 heterocycles. The van der Waals surface area contributed by atoms with Gasteiger partial charge in [0.2, 0.25) is 0 Å². The second kappa shape index (κ2) is 4.27. The molecule has 3 nitrogen and oxygen atoms in total. The summed E-state index contributed by atoms with van der Waals surface area (Å²) < 4.78 is 0. The maximum Gasteiger partial charge on any atom is 0.130 e. The largest absolute Gasteiger partial charge is 0.383 e. The number of anilines is 1. The summed E-state index contributed by atoms with van der Waals surface area (Å²) in [6, 6.07) is 3.96. The molecule has 1 aromatic rings. The molecular formula is C10H11N3. The molecule has 0 saturated carbocycles. The van der Waals surface area contributed by atoms with Crippen LogP contribution in [0.5, 0.6) is 0 Å². The molecule has 0 atom stereocenters. The van der Waals surface area contributed by atoms with Crippen LogP contribution in [0.15, 0.2) is 18.3 Å². The number of rotatable bonds is 2. The van der Waals surface area contributed by atoms with E-state index < -0.39 is 0 Å². The number of hydrogen-bond donors (Lipinski definition) is 1. The minimum absolute atomic E-state index is 0.396. The lowest BCUT2D eigenvalue weighted by Crippen LogP contribution is -1.93. The smallest absolute Gasteiger partial charge is 0.130 e. The Labute approximate surface area is 77.5 Å². The van der Waals surface area contributed by atoms with E-state index in [1.807, 2.05) is 25.1 Å². The van der Waals surface area contributed by atoms with Gasteiger partial charge in [0.25, 0.3) is 0 Å². The van der Waals surface area contributed by atoms with Crippen molar-refractivity contribution in [3.63, 3.8) is 0 Å². The third-order valence-electron chi connectivity index (χ3n) is 1.59. The van der Waals surface area contributed by atoms with Crippen molar-refractivity contribution >= 4 is 11.9 Å². The first kappa shape index (κ1) is 9.27. The summed E-state index contributed by atoms with van der Waals surface area (Å²) in [5.74, 6) is 0.500. The van der Waals surface area contributed by atoms with Crippen molar-refractivity contribution in [2.45, 2.75) is 13.3 Å². The average Bonchev–Trinajstić information content (AvgIpc) is 2.11. The Kier molecular flexibility index (Phi) is 3.04. The SMILES string of the molecule is Cc1cnc(N)c(C=CCC#N)c1. The van der Waals surface area contributed by atoms with Gasteiger partial charge in [-0.15, -0.1) is 0 Å². The van der Waals surface area contributed by atoms with Crippen molar-refractivity contribution in [1.82, 2.24) is 4.98 Å². The van der Waals surface area contributed by atoms with Gasteiger partial charge in [0.05, 0.1) is 12.5 Å². The number of aromatic nitrogens is 1. The van der Waals surface area contributed by atoms with Gasteiger partial charge in [-0.1, -0.05) is 12.2 Å². The topological polar surface area (TPSA) is 62.7 Å². The van der Waals surface area contributed by atoms with Crippen LogP contribution in [0, 0.1) is 18.3 Å². The summed E-state index contributed by atoms with van der Waals surface area (Å²) in [6.07, 6.45) is 5.70. The first-order valence-electron chi connectivity index (χ1n) is 3.99. The maximum atomic E-state index is 8.32. The Hall–Kier alpha value is -1.82. The number of nitrogens with two attached hydrogens (primary N) is 1. The second-order valence-electron chi connectivity index (χ2n) is 2.75. The molecule has 0 radical (unpaired) electrons. The molecule has 0 amide bonds. The van der Waals surface area contributed by atoms with Gasteiger partial charge in [-0.25, -0.2) is 4.98 Å². The minimum Gasteiger partial charge on any atom is -0.383 e. The second-order valence-corrected chi connectivity index (χ2v) is 2.75. The van der Waals surface area contributed by atoms with Crippen molar-refractivity contribution < 1.29 is 0 Å². The highest BCUT2D eigenvalue weighted by molar-refractivity contribution is 5.61. The summed E-state index contributed by atoms with van der Waals surface area (Å²) in [6.45, 7) is 1.95. The number of aryl methyl sites for hydroxylation is 1.